The number of anilines is 1. The summed E-state index contributed by atoms with van der Waals surface area (Å²) < 4.78 is 5.12. The Bertz CT molecular complexity index is 286. The van der Waals surface area contributed by atoms with Gasteiger partial charge in [0.25, 0.3) is 0 Å². The Balaban J connectivity index is 2.73. The zero-order chi connectivity index (χ0) is 10.6. The monoisotopic (exact) mass is 195 g/mol. The molecule has 0 aliphatic heterocycles. The molecule has 0 saturated heterocycles. The SMILES string of the molecule is COc1cccc(N(C)C[C@H](C)O)c1. The van der Waals surface area contributed by atoms with Gasteiger partial charge in [-0.05, 0) is 19.1 Å². The molecule has 0 aromatic heterocycles. The number of hydrogen-bond acceptors (Lipinski definition) is 3. The van der Waals surface area contributed by atoms with Crippen molar-refractivity contribution in [3.63, 3.8) is 0 Å². The Morgan fingerprint density at radius 2 is 2.21 bits per heavy atom. The predicted octanol–water partition coefficient (Wildman–Crippen LogP) is 1.51. The number of methoxy groups -OCH3 is 1. The molecular weight excluding hydrogens is 178 g/mol. The van der Waals surface area contributed by atoms with E-state index in [9.17, 15) is 5.11 Å². The van der Waals surface area contributed by atoms with E-state index in [1.165, 1.54) is 0 Å². The predicted molar refractivity (Wildman–Crippen MR) is 57.9 cm³/mol. The molecule has 78 valence electrons. The summed E-state index contributed by atoms with van der Waals surface area (Å²) in [6.45, 7) is 2.39. The Kier molecular flexibility index (Phi) is 3.77. The molecule has 0 bridgehead atoms. The van der Waals surface area contributed by atoms with Crippen LogP contribution in [-0.2, 0) is 0 Å². The Morgan fingerprint density at radius 1 is 1.50 bits per heavy atom. The van der Waals surface area contributed by atoms with Crippen molar-refractivity contribution in [1.82, 2.24) is 0 Å². The lowest BCUT2D eigenvalue weighted by Gasteiger charge is -2.21. The number of benzene rings is 1. The third kappa shape index (κ3) is 2.92. The fraction of sp³-hybridized carbons (Fsp3) is 0.455. The average molecular weight is 195 g/mol. The first-order chi connectivity index (χ1) is 6.63. The molecule has 1 atom stereocenters. The molecular formula is C11H17NO2. The molecule has 1 aromatic rings. The van der Waals surface area contributed by atoms with E-state index < -0.39 is 0 Å². The van der Waals surface area contributed by atoms with Crippen LogP contribution in [-0.4, -0.2) is 31.9 Å². The van der Waals surface area contributed by atoms with Crippen LogP contribution < -0.4 is 9.64 Å². The molecule has 0 aliphatic rings. The number of aliphatic hydroxyl groups excluding tert-OH is 1. The van der Waals surface area contributed by atoms with E-state index in [1.54, 1.807) is 14.0 Å². The highest BCUT2D eigenvalue weighted by Gasteiger charge is 2.04. The number of likely N-dealkylation sites (N-methyl/N-ethyl adjacent to an activating group) is 1. The molecule has 0 fully saturated rings. The molecule has 0 aliphatic carbocycles. The summed E-state index contributed by atoms with van der Waals surface area (Å²) in [5.74, 6) is 0.833. The van der Waals surface area contributed by atoms with Gasteiger partial charge in [-0.3, -0.25) is 0 Å². The summed E-state index contributed by atoms with van der Waals surface area (Å²) in [6, 6.07) is 7.78. The van der Waals surface area contributed by atoms with Gasteiger partial charge in [-0.2, -0.15) is 0 Å². The molecule has 0 radical (unpaired) electrons. The van der Waals surface area contributed by atoms with Crippen molar-refractivity contribution in [2.24, 2.45) is 0 Å². The number of ether oxygens (including phenoxy) is 1. The standard InChI is InChI=1S/C11H17NO2/c1-9(13)8-12(2)10-5-4-6-11(7-10)14-3/h4-7,9,13H,8H2,1-3H3/t9-/m0/s1. The summed E-state index contributed by atoms with van der Waals surface area (Å²) in [7, 11) is 3.59. The normalized spacial score (nSPS) is 12.3. The van der Waals surface area contributed by atoms with E-state index in [1.807, 2.05) is 36.2 Å². The zero-order valence-corrected chi connectivity index (χ0v) is 8.90. The first-order valence-corrected chi connectivity index (χ1v) is 4.66. The van der Waals surface area contributed by atoms with Crippen LogP contribution in [0, 0.1) is 0 Å². The zero-order valence-electron chi connectivity index (χ0n) is 8.90. The highest BCUT2D eigenvalue weighted by molar-refractivity contribution is 5.50. The Morgan fingerprint density at radius 3 is 2.79 bits per heavy atom. The van der Waals surface area contributed by atoms with Crippen molar-refractivity contribution in [2.45, 2.75) is 13.0 Å². The molecule has 3 heteroatoms. The van der Waals surface area contributed by atoms with Crippen LogP contribution in [0.1, 0.15) is 6.92 Å². The van der Waals surface area contributed by atoms with Crippen LogP contribution in [0.2, 0.25) is 0 Å². The molecule has 0 spiro atoms. The molecule has 14 heavy (non-hydrogen) atoms. The molecule has 0 heterocycles. The van der Waals surface area contributed by atoms with Crippen molar-refractivity contribution in [2.75, 3.05) is 25.6 Å². The summed E-state index contributed by atoms with van der Waals surface area (Å²) >= 11 is 0. The van der Waals surface area contributed by atoms with Crippen LogP contribution in [0.5, 0.6) is 5.75 Å². The smallest absolute Gasteiger partial charge is 0.120 e. The van der Waals surface area contributed by atoms with Crippen LogP contribution in [0.3, 0.4) is 0 Å². The molecule has 1 N–H and O–H groups in total. The molecule has 1 aromatic carbocycles. The maximum atomic E-state index is 9.24. The van der Waals surface area contributed by atoms with E-state index in [2.05, 4.69) is 0 Å². The fourth-order valence-electron chi connectivity index (χ4n) is 1.35. The summed E-state index contributed by atoms with van der Waals surface area (Å²) in [5, 5.41) is 9.24. The van der Waals surface area contributed by atoms with Gasteiger partial charge >= 0.3 is 0 Å². The van der Waals surface area contributed by atoms with Crippen molar-refractivity contribution >= 4 is 5.69 Å². The second-order valence-corrected chi connectivity index (χ2v) is 3.43. The van der Waals surface area contributed by atoms with Crippen molar-refractivity contribution in [3.05, 3.63) is 24.3 Å². The van der Waals surface area contributed by atoms with Gasteiger partial charge in [0.2, 0.25) is 0 Å². The molecule has 1 rings (SSSR count). The summed E-state index contributed by atoms with van der Waals surface area (Å²) in [4.78, 5) is 1.99. The third-order valence-electron chi connectivity index (χ3n) is 2.03. The highest BCUT2D eigenvalue weighted by Crippen LogP contribution is 2.19. The van der Waals surface area contributed by atoms with Gasteiger partial charge in [0, 0.05) is 25.3 Å². The minimum absolute atomic E-state index is 0.328. The Hall–Kier alpha value is -1.22. The molecule has 0 amide bonds. The largest absolute Gasteiger partial charge is 0.497 e. The summed E-state index contributed by atoms with van der Waals surface area (Å²) in [6.07, 6.45) is -0.328. The van der Waals surface area contributed by atoms with Gasteiger partial charge in [-0.15, -0.1) is 0 Å². The van der Waals surface area contributed by atoms with Crippen LogP contribution >= 0.6 is 0 Å². The van der Waals surface area contributed by atoms with Crippen LogP contribution in [0.4, 0.5) is 5.69 Å². The first kappa shape index (κ1) is 10.9. The second kappa shape index (κ2) is 4.86. The van der Waals surface area contributed by atoms with E-state index in [0.29, 0.717) is 6.54 Å². The highest BCUT2D eigenvalue weighted by atomic mass is 16.5. The van der Waals surface area contributed by atoms with Crippen LogP contribution in [0.15, 0.2) is 24.3 Å². The van der Waals surface area contributed by atoms with Gasteiger partial charge < -0.3 is 14.7 Å². The van der Waals surface area contributed by atoms with Gasteiger partial charge in [-0.1, -0.05) is 6.07 Å². The van der Waals surface area contributed by atoms with Gasteiger partial charge in [-0.25, -0.2) is 0 Å². The quantitative estimate of drug-likeness (QED) is 0.790. The maximum absolute atomic E-state index is 9.24. The lowest BCUT2D eigenvalue weighted by molar-refractivity contribution is 0.201. The first-order valence-electron chi connectivity index (χ1n) is 4.66. The third-order valence-corrected chi connectivity index (χ3v) is 2.03. The lowest BCUT2D eigenvalue weighted by Crippen LogP contribution is -2.26. The second-order valence-electron chi connectivity index (χ2n) is 3.43. The van der Waals surface area contributed by atoms with E-state index >= 15 is 0 Å². The number of aliphatic hydroxyl groups is 1. The average Bonchev–Trinajstić information content (AvgIpc) is 2.17. The Labute approximate surface area is 84.9 Å². The lowest BCUT2D eigenvalue weighted by atomic mass is 10.2. The van der Waals surface area contributed by atoms with Gasteiger partial charge in [0.15, 0.2) is 0 Å². The molecule has 0 saturated carbocycles. The molecule has 3 nitrogen and oxygen atoms in total. The van der Waals surface area contributed by atoms with Gasteiger partial charge in [0.1, 0.15) is 5.75 Å². The van der Waals surface area contributed by atoms with Crippen molar-refractivity contribution in [1.29, 1.82) is 0 Å². The minimum atomic E-state index is -0.328. The fourth-order valence-corrected chi connectivity index (χ4v) is 1.35. The molecule has 0 unspecified atom stereocenters. The summed E-state index contributed by atoms with van der Waals surface area (Å²) in [5.41, 5.74) is 1.05. The topological polar surface area (TPSA) is 32.7 Å². The van der Waals surface area contributed by atoms with E-state index in [4.69, 9.17) is 4.74 Å². The van der Waals surface area contributed by atoms with Crippen LogP contribution in [0.25, 0.3) is 0 Å². The van der Waals surface area contributed by atoms with E-state index in [-0.39, 0.29) is 6.10 Å². The number of nitrogens with zero attached hydrogens (tertiary/aromatic N) is 1. The van der Waals surface area contributed by atoms with Gasteiger partial charge in [0.05, 0.1) is 13.2 Å². The van der Waals surface area contributed by atoms with Crippen molar-refractivity contribution < 1.29 is 9.84 Å². The number of rotatable bonds is 4. The van der Waals surface area contributed by atoms with E-state index in [0.717, 1.165) is 11.4 Å². The minimum Gasteiger partial charge on any atom is -0.497 e. The maximum Gasteiger partial charge on any atom is 0.120 e. The van der Waals surface area contributed by atoms with Crippen molar-refractivity contribution in [3.8, 4) is 5.75 Å². The number of hydrogen-bond donors (Lipinski definition) is 1.